The maximum Gasteiger partial charge on any atom is 0.335 e. The maximum atomic E-state index is 12.3. The van der Waals surface area contributed by atoms with Gasteiger partial charge in [0.05, 0.1) is 18.8 Å². The van der Waals surface area contributed by atoms with Gasteiger partial charge in [-0.1, -0.05) is 12.1 Å². The molecule has 112 valence electrons. The molecule has 0 saturated heterocycles. The maximum absolute atomic E-state index is 12.3. The Morgan fingerprint density at radius 3 is 2.29 bits per heavy atom. The van der Waals surface area contributed by atoms with Gasteiger partial charge >= 0.3 is 11.9 Å². The normalized spacial score (nSPS) is 16.2. The molecular formula is C17H20O4. The minimum absolute atomic E-state index is 0.278. The van der Waals surface area contributed by atoms with Crippen LogP contribution in [0.4, 0.5) is 0 Å². The highest BCUT2D eigenvalue weighted by atomic mass is 16.5. The average Bonchev–Trinajstić information content (AvgIpc) is 2.78. The van der Waals surface area contributed by atoms with E-state index in [1.54, 1.807) is 19.9 Å². The highest BCUT2D eigenvalue weighted by Crippen LogP contribution is 2.39. The van der Waals surface area contributed by atoms with Crippen LogP contribution < -0.4 is 0 Å². The van der Waals surface area contributed by atoms with E-state index in [2.05, 4.69) is 0 Å². The van der Waals surface area contributed by atoms with Gasteiger partial charge in [0.15, 0.2) is 0 Å². The topological polar surface area (TPSA) is 52.6 Å². The molecule has 1 unspecified atom stereocenters. The van der Waals surface area contributed by atoms with Crippen LogP contribution in [-0.4, -0.2) is 25.2 Å². The Bertz CT molecular complexity index is 613. The summed E-state index contributed by atoms with van der Waals surface area (Å²) < 4.78 is 10.2. The first-order valence-corrected chi connectivity index (χ1v) is 7.16. The minimum Gasteiger partial charge on any atom is -0.465 e. The summed E-state index contributed by atoms with van der Waals surface area (Å²) in [6.07, 6.45) is 1.74. The van der Waals surface area contributed by atoms with Gasteiger partial charge in [0, 0.05) is 0 Å². The molecule has 0 amide bonds. The van der Waals surface area contributed by atoms with E-state index in [1.165, 1.54) is 0 Å². The largest absolute Gasteiger partial charge is 0.465 e. The number of carbonyl (C=O) groups excluding carboxylic acids is 2. The molecular weight excluding hydrogens is 268 g/mol. The third-order valence-electron chi connectivity index (χ3n) is 3.67. The molecule has 2 rings (SSSR count). The van der Waals surface area contributed by atoms with E-state index in [0.717, 1.165) is 22.3 Å². The zero-order valence-corrected chi connectivity index (χ0v) is 12.9. The minimum atomic E-state index is -0.682. The van der Waals surface area contributed by atoms with Crippen LogP contribution in [0.1, 0.15) is 42.0 Å². The number of fused-ring (bicyclic) bond motifs is 1. The summed E-state index contributed by atoms with van der Waals surface area (Å²) in [5, 5.41) is 0. The van der Waals surface area contributed by atoms with Crippen molar-refractivity contribution in [2.45, 2.75) is 33.6 Å². The summed E-state index contributed by atoms with van der Waals surface area (Å²) in [5.41, 5.74) is 4.27. The molecule has 0 N–H and O–H groups in total. The Morgan fingerprint density at radius 1 is 1.05 bits per heavy atom. The van der Waals surface area contributed by atoms with E-state index in [9.17, 15) is 9.59 Å². The lowest BCUT2D eigenvalue weighted by molar-refractivity contribution is -0.147. The molecule has 21 heavy (non-hydrogen) atoms. The van der Waals surface area contributed by atoms with Gasteiger partial charge in [-0.15, -0.1) is 0 Å². The third kappa shape index (κ3) is 2.84. The molecule has 0 radical (unpaired) electrons. The van der Waals surface area contributed by atoms with Crippen LogP contribution >= 0.6 is 0 Å². The number of aryl methyl sites for hydroxylation is 2. The molecule has 0 spiro atoms. The molecule has 0 heterocycles. The first kappa shape index (κ1) is 15.3. The number of rotatable bonds is 4. The summed E-state index contributed by atoms with van der Waals surface area (Å²) in [7, 11) is 0. The van der Waals surface area contributed by atoms with Crippen LogP contribution in [0, 0.1) is 13.8 Å². The van der Waals surface area contributed by atoms with Gasteiger partial charge in [-0.3, -0.25) is 4.79 Å². The Morgan fingerprint density at radius 2 is 1.67 bits per heavy atom. The molecule has 0 saturated carbocycles. The van der Waals surface area contributed by atoms with Gasteiger partial charge in [0.2, 0.25) is 0 Å². The van der Waals surface area contributed by atoms with E-state index in [1.807, 2.05) is 26.0 Å². The van der Waals surface area contributed by atoms with Gasteiger partial charge < -0.3 is 9.47 Å². The van der Waals surface area contributed by atoms with Crippen molar-refractivity contribution < 1.29 is 19.1 Å². The second kappa shape index (κ2) is 6.12. The van der Waals surface area contributed by atoms with E-state index in [0.29, 0.717) is 5.57 Å². The van der Waals surface area contributed by atoms with Crippen LogP contribution in [-0.2, 0) is 19.1 Å². The summed E-state index contributed by atoms with van der Waals surface area (Å²) in [5.74, 6) is -1.54. The predicted molar refractivity (Wildman–Crippen MR) is 79.9 cm³/mol. The summed E-state index contributed by atoms with van der Waals surface area (Å²) in [6.45, 7) is 8.05. The number of esters is 2. The van der Waals surface area contributed by atoms with Crippen LogP contribution in [0.15, 0.2) is 17.7 Å². The zero-order chi connectivity index (χ0) is 15.6. The van der Waals surface area contributed by atoms with Crippen molar-refractivity contribution in [3.8, 4) is 0 Å². The molecule has 1 atom stereocenters. The molecule has 1 aliphatic carbocycles. The van der Waals surface area contributed by atoms with Gasteiger partial charge in [-0.05, 0) is 56.0 Å². The van der Waals surface area contributed by atoms with Crippen molar-refractivity contribution in [1.82, 2.24) is 0 Å². The molecule has 0 fully saturated rings. The smallest absolute Gasteiger partial charge is 0.335 e. The molecule has 0 aromatic heterocycles. The van der Waals surface area contributed by atoms with Crippen LogP contribution in [0.25, 0.3) is 6.08 Å². The predicted octanol–water partition coefficient (Wildman–Crippen LogP) is 2.91. The van der Waals surface area contributed by atoms with Gasteiger partial charge in [0.25, 0.3) is 0 Å². The number of ether oxygens (including phenoxy) is 2. The van der Waals surface area contributed by atoms with Crippen molar-refractivity contribution in [3.05, 3.63) is 40.0 Å². The molecule has 0 aliphatic heterocycles. The zero-order valence-electron chi connectivity index (χ0n) is 12.9. The van der Waals surface area contributed by atoms with E-state index in [4.69, 9.17) is 9.47 Å². The van der Waals surface area contributed by atoms with E-state index >= 15 is 0 Å². The van der Waals surface area contributed by atoms with Gasteiger partial charge in [-0.2, -0.15) is 0 Å². The Balaban J connectivity index is 2.48. The first-order valence-electron chi connectivity index (χ1n) is 7.16. The van der Waals surface area contributed by atoms with Crippen molar-refractivity contribution >= 4 is 18.0 Å². The number of carbonyl (C=O) groups is 2. The molecule has 1 aliphatic rings. The second-order valence-corrected chi connectivity index (χ2v) is 5.07. The summed E-state index contributed by atoms with van der Waals surface area (Å²) in [6, 6.07) is 3.94. The molecule has 4 nitrogen and oxygen atoms in total. The lowest BCUT2D eigenvalue weighted by atomic mass is 9.93. The fourth-order valence-corrected chi connectivity index (χ4v) is 2.52. The molecule has 1 aromatic carbocycles. The number of hydrogen-bond donors (Lipinski definition) is 0. The van der Waals surface area contributed by atoms with Crippen LogP contribution in [0.3, 0.4) is 0 Å². The quantitative estimate of drug-likeness (QED) is 0.799. The highest BCUT2D eigenvalue weighted by molar-refractivity contribution is 6.05. The lowest BCUT2D eigenvalue weighted by Crippen LogP contribution is -2.21. The highest BCUT2D eigenvalue weighted by Gasteiger charge is 2.37. The Hall–Kier alpha value is -2.10. The molecule has 1 aromatic rings. The first-order chi connectivity index (χ1) is 9.99. The third-order valence-corrected chi connectivity index (χ3v) is 3.67. The van der Waals surface area contributed by atoms with E-state index in [-0.39, 0.29) is 13.2 Å². The standard InChI is InChI=1S/C17H20O4/c1-5-20-16(18)14-9-12-7-10(3)11(4)8-13(12)15(14)17(19)21-6-2/h7-9,15H,5-6H2,1-4H3. The fraction of sp³-hybridized carbons (Fsp3) is 0.412. The van der Waals surface area contributed by atoms with Crippen molar-refractivity contribution in [2.24, 2.45) is 0 Å². The van der Waals surface area contributed by atoms with Crippen molar-refractivity contribution in [3.63, 3.8) is 0 Å². The Kier molecular flexibility index (Phi) is 4.46. The summed E-state index contributed by atoms with van der Waals surface area (Å²) in [4.78, 5) is 24.4. The van der Waals surface area contributed by atoms with Crippen LogP contribution in [0.2, 0.25) is 0 Å². The fourth-order valence-electron chi connectivity index (χ4n) is 2.52. The number of hydrogen-bond acceptors (Lipinski definition) is 4. The summed E-state index contributed by atoms with van der Waals surface area (Å²) >= 11 is 0. The monoisotopic (exact) mass is 288 g/mol. The number of benzene rings is 1. The van der Waals surface area contributed by atoms with E-state index < -0.39 is 17.9 Å². The SMILES string of the molecule is CCOC(=O)C1=Cc2cc(C)c(C)cc2C1C(=O)OCC. The average molecular weight is 288 g/mol. The van der Waals surface area contributed by atoms with Crippen molar-refractivity contribution in [1.29, 1.82) is 0 Å². The van der Waals surface area contributed by atoms with Gasteiger partial charge in [0.1, 0.15) is 5.92 Å². The molecule has 0 bridgehead atoms. The Labute approximate surface area is 124 Å². The van der Waals surface area contributed by atoms with Gasteiger partial charge in [-0.25, -0.2) is 4.79 Å². The molecule has 4 heteroatoms. The second-order valence-electron chi connectivity index (χ2n) is 5.07. The lowest BCUT2D eigenvalue weighted by Gasteiger charge is -2.15. The van der Waals surface area contributed by atoms with Crippen LogP contribution in [0.5, 0.6) is 0 Å². The van der Waals surface area contributed by atoms with Crippen molar-refractivity contribution in [2.75, 3.05) is 13.2 Å².